The predicted octanol–water partition coefficient (Wildman–Crippen LogP) is 1.60. The summed E-state index contributed by atoms with van der Waals surface area (Å²) in [5.74, 6) is -0.0454. The number of aromatic nitrogens is 2. The van der Waals surface area contributed by atoms with Crippen molar-refractivity contribution in [3.8, 4) is 0 Å². The van der Waals surface area contributed by atoms with Crippen LogP contribution in [0.5, 0.6) is 0 Å². The summed E-state index contributed by atoms with van der Waals surface area (Å²) in [5.41, 5.74) is 7.86. The molecule has 0 aliphatic rings. The van der Waals surface area contributed by atoms with E-state index in [4.69, 9.17) is 5.73 Å². The van der Waals surface area contributed by atoms with E-state index in [9.17, 15) is 4.79 Å². The first-order valence-electron chi connectivity index (χ1n) is 7.06. The van der Waals surface area contributed by atoms with Gasteiger partial charge in [0.05, 0.1) is 18.4 Å². The second kappa shape index (κ2) is 7.00. The first-order valence-corrected chi connectivity index (χ1v) is 7.06. The quantitative estimate of drug-likeness (QED) is 0.846. The maximum atomic E-state index is 11.1. The molecule has 0 saturated carbocycles. The fourth-order valence-electron chi connectivity index (χ4n) is 2.30. The van der Waals surface area contributed by atoms with Crippen LogP contribution in [0.2, 0.25) is 0 Å². The lowest BCUT2D eigenvalue weighted by molar-refractivity contribution is 0.0995. The van der Waals surface area contributed by atoms with Crippen LogP contribution in [0, 0.1) is 6.92 Å². The molecule has 0 unspecified atom stereocenters. The smallest absolute Gasteiger partial charge is 0.268 e. The van der Waals surface area contributed by atoms with Gasteiger partial charge in [0, 0.05) is 6.54 Å². The fraction of sp³-hybridized carbons (Fsp3) is 0.312. The summed E-state index contributed by atoms with van der Waals surface area (Å²) in [6, 6.07) is 8.46. The average Bonchev–Trinajstić information content (AvgIpc) is 2.49. The molecule has 0 saturated heterocycles. The van der Waals surface area contributed by atoms with Crippen LogP contribution in [0.4, 0.5) is 5.82 Å². The summed E-state index contributed by atoms with van der Waals surface area (Å²) in [6.07, 6.45) is 2.94. The number of amides is 1. The van der Waals surface area contributed by atoms with Crippen LogP contribution in [0.3, 0.4) is 0 Å². The molecule has 0 aliphatic carbocycles. The zero-order chi connectivity index (χ0) is 16.1. The lowest BCUT2D eigenvalue weighted by atomic mass is 10.0. The van der Waals surface area contributed by atoms with E-state index in [0.29, 0.717) is 12.4 Å². The van der Waals surface area contributed by atoms with Crippen molar-refractivity contribution in [2.45, 2.75) is 13.0 Å². The van der Waals surface area contributed by atoms with Gasteiger partial charge in [0.15, 0.2) is 0 Å². The van der Waals surface area contributed by atoms with Crippen molar-refractivity contribution in [3.05, 3.63) is 53.5 Å². The van der Waals surface area contributed by atoms with Crippen molar-refractivity contribution < 1.29 is 4.79 Å². The number of primary amides is 1. The molecule has 116 valence electrons. The Morgan fingerprint density at radius 1 is 1.32 bits per heavy atom. The number of rotatable bonds is 6. The number of likely N-dealkylation sites (N-methyl/N-ethyl adjacent to an activating group) is 1. The van der Waals surface area contributed by atoms with E-state index in [1.54, 1.807) is 6.20 Å². The van der Waals surface area contributed by atoms with Crippen molar-refractivity contribution in [2.24, 2.45) is 5.73 Å². The number of aryl methyl sites for hydroxylation is 1. The largest absolute Gasteiger partial charge is 0.367 e. The second-order valence-electron chi connectivity index (χ2n) is 5.37. The number of benzene rings is 1. The topological polar surface area (TPSA) is 84.1 Å². The molecule has 2 rings (SSSR count). The third-order valence-electron chi connectivity index (χ3n) is 3.53. The Labute approximate surface area is 130 Å². The highest BCUT2D eigenvalue weighted by Gasteiger charge is 2.16. The highest BCUT2D eigenvalue weighted by molar-refractivity contribution is 5.90. The van der Waals surface area contributed by atoms with Crippen molar-refractivity contribution >= 4 is 11.7 Å². The molecular weight excluding hydrogens is 278 g/mol. The van der Waals surface area contributed by atoms with Crippen LogP contribution in [0.1, 0.15) is 27.7 Å². The standard InChI is InChI=1S/C16H21N5O/c1-11-6-4-5-7-12(11)14(21(2)3)9-19-15-10-18-8-13(20-15)16(17)22/h4-8,10,14H,9H2,1-3H3,(H2,17,22)(H,19,20)/t14-/m0/s1. The number of hydrogen-bond donors (Lipinski definition) is 2. The highest BCUT2D eigenvalue weighted by atomic mass is 16.1. The molecule has 0 radical (unpaired) electrons. The maximum absolute atomic E-state index is 11.1. The van der Waals surface area contributed by atoms with Crippen molar-refractivity contribution in [3.63, 3.8) is 0 Å². The molecule has 2 aromatic rings. The van der Waals surface area contributed by atoms with Crippen LogP contribution in [0.15, 0.2) is 36.7 Å². The first-order chi connectivity index (χ1) is 10.5. The number of anilines is 1. The number of carbonyl (C=O) groups is 1. The number of hydrogen-bond acceptors (Lipinski definition) is 5. The Kier molecular flexibility index (Phi) is 5.06. The van der Waals surface area contributed by atoms with Crippen LogP contribution in [-0.2, 0) is 0 Å². The van der Waals surface area contributed by atoms with E-state index in [1.807, 2.05) is 26.2 Å². The Balaban J connectivity index is 2.15. The van der Waals surface area contributed by atoms with Crippen LogP contribution in [0.25, 0.3) is 0 Å². The minimum absolute atomic E-state index is 0.155. The summed E-state index contributed by atoms with van der Waals surface area (Å²) in [7, 11) is 4.06. The Hall–Kier alpha value is -2.47. The van der Waals surface area contributed by atoms with Gasteiger partial charge in [-0.05, 0) is 32.1 Å². The third-order valence-corrected chi connectivity index (χ3v) is 3.53. The van der Waals surface area contributed by atoms with Gasteiger partial charge in [-0.2, -0.15) is 0 Å². The van der Waals surface area contributed by atoms with Gasteiger partial charge in [0.25, 0.3) is 5.91 Å². The van der Waals surface area contributed by atoms with Gasteiger partial charge < -0.3 is 16.0 Å². The van der Waals surface area contributed by atoms with E-state index >= 15 is 0 Å². The van der Waals surface area contributed by atoms with Gasteiger partial charge >= 0.3 is 0 Å². The molecule has 3 N–H and O–H groups in total. The van der Waals surface area contributed by atoms with Crippen LogP contribution in [-0.4, -0.2) is 41.4 Å². The predicted molar refractivity (Wildman–Crippen MR) is 86.6 cm³/mol. The van der Waals surface area contributed by atoms with Gasteiger partial charge in [0.1, 0.15) is 11.5 Å². The molecule has 6 nitrogen and oxygen atoms in total. The summed E-state index contributed by atoms with van der Waals surface area (Å²) in [5, 5.41) is 3.22. The lowest BCUT2D eigenvalue weighted by Gasteiger charge is -2.26. The van der Waals surface area contributed by atoms with Gasteiger partial charge in [-0.3, -0.25) is 9.78 Å². The van der Waals surface area contributed by atoms with Crippen LogP contribution < -0.4 is 11.1 Å². The highest BCUT2D eigenvalue weighted by Crippen LogP contribution is 2.22. The molecule has 22 heavy (non-hydrogen) atoms. The van der Waals surface area contributed by atoms with Crippen molar-refractivity contribution in [1.29, 1.82) is 0 Å². The Bertz CT molecular complexity index is 656. The molecular formula is C16H21N5O. The zero-order valence-electron chi connectivity index (χ0n) is 13.1. The molecule has 1 amide bonds. The minimum Gasteiger partial charge on any atom is -0.367 e. The normalized spacial score (nSPS) is 12.2. The second-order valence-corrected chi connectivity index (χ2v) is 5.37. The molecule has 1 atom stereocenters. The molecule has 0 aliphatic heterocycles. The lowest BCUT2D eigenvalue weighted by Crippen LogP contribution is -2.28. The molecule has 1 heterocycles. The molecule has 1 aromatic heterocycles. The summed E-state index contributed by atoms with van der Waals surface area (Å²) in [4.78, 5) is 21.4. The summed E-state index contributed by atoms with van der Waals surface area (Å²) >= 11 is 0. The van der Waals surface area contributed by atoms with E-state index in [-0.39, 0.29) is 11.7 Å². The number of carbonyl (C=O) groups excluding carboxylic acids is 1. The van der Waals surface area contributed by atoms with E-state index < -0.39 is 5.91 Å². The SMILES string of the molecule is Cc1ccccc1[C@H](CNc1cncc(C(N)=O)n1)N(C)C. The molecule has 6 heteroatoms. The van der Waals surface area contributed by atoms with Gasteiger partial charge in [-0.15, -0.1) is 0 Å². The van der Waals surface area contributed by atoms with E-state index in [2.05, 4.69) is 39.2 Å². The van der Waals surface area contributed by atoms with E-state index in [1.165, 1.54) is 17.3 Å². The number of nitrogens with zero attached hydrogens (tertiary/aromatic N) is 3. The molecule has 1 aromatic carbocycles. The Morgan fingerprint density at radius 3 is 2.68 bits per heavy atom. The maximum Gasteiger partial charge on any atom is 0.268 e. The van der Waals surface area contributed by atoms with E-state index in [0.717, 1.165) is 0 Å². The monoisotopic (exact) mass is 299 g/mol. The fourth-order valence-corrected chi connectivity index (χ4v) is 2.30. The molecule has 0 bridgehead atoms. The van der Waals surface area contributed by atoms with Gasteiger partial charge in [0.2, 0.25) is 0 Å². The average molecular weight is 299 g/mol. The molecule has 0 fully saturated rings. The zero-order valence-corrected chi connectivity index (χ0v) is 13.1. The Morgan fingerprint density at radius 2 is 2.05 bits per heavy atom. The van der Waals surface area contributed by atoms with Gasteiger partial charge in [-0.25, -0.2) is 4.98 Å². The summed E-state index contributed by atoms with van der Waals surface area (Å²) in [6.45, 7) is 2.74. The van der Waals surface area contributed by atoms with Crippen molar-refractivity contribution in [1.82, 2.24) is 14.9 Å². The summed E-state index contributed by atoms with van der Waals surface area (Å²) < 4.78 is 0. The molecule has 0 spiro atoms. The first kappa shape index (κ1) is 15.9. The van der Waals surface area contributed by atoms with Crippen molar-refractivity contribution in [2.75, 3.05) is 26.0 Å². The third kappa shape index (κ3) is 3.79. The van der Waals surface area contributed by atoms with Crippen LogP contribution >= 0.6 is 0 Å². The van der Waals surface area contributed by atoms with Gasteiger partial charge in [-0.1, -0.05) is 24.3 Å². The minimum atomic E-state index is -0.584. The number of nitrogens with one attached hydrogen (secondary N) is 1. The number of nitrogens with two attached hydrogens (primary N) is 1.